The van der Waals surface area contributed by atoms with Crippen molar-refractivity contribution < 1.29 is 27.5 Å². The first-order valence-corrected chi connectivity index (χ1v) is 7.09. The average Bonchev–Trinajstić information content (AvgIpc) is 2.34. The van der Waals surface area contributed by atoms with E-state index in [1.54, 1.807) is 6.92 Å². The summed E-state index contributed by atoms with van der Waals surface area (Å²) < 4.78 is 33.6. The molecule has 0 heterocycles. The summed E-state index contributed by atoms with van der Waals surface area (Å²) in [5, 5.41) is 0. The standard InChI is InChI=1S/C10H19NO6S/c1-4-11(8-10(13)17-3)18(14,15)7-5-6-9(12)16-2/h4-8H2,1-3H3. The zero-order chi connectivity index (χ0) is 14.2. The third kappa shape index (κ3) is 5.97. The monoisotopic (exact) mass is 281 g/mol. The lowest BCUT2D eigenvalue weighted by molar-refractivity contribution is -0.141. The Morgan fingerprint density at radius 3 is 2.11 bits per heavy atom. The summed E-state index contributed by atoms with van der Waals surface area (Å²) in [5.41, 5.74) is 0. The van der Waals surface area contributed by atoms with Gasteiger partial charge in [0.05, 0.1) is 20.0 Å². The van der Waals surface area contributed by atoms with E-state index in [0.29, 0.717) is 0 Å². The normalized spacial score (nSPS) is 11.3. The zero-order valence-electron chi connectivity index (χ0n) is 10.8. The maximum absolute atomic E-state index is 11.8. The van der Waals surface area contributed by atoms with Crippen LogP contribution in [0, 0.1) is 0 Å². The van der Waals surface area contributed by atoms with Gasteiger partial charge in [-0.1, -0.05) is 6.92 Å². The third-order valence-electron chi connectivity index (χ3n) is 2.29. The maximum atomic E-state index is 11.8. The second-order valence-corrected chi connectivity index (χ2v) is 5.59. The van der Waals surface area contributed by atoms with Gasteiger partial charge in [-0.05, 0) is 6.42 Å². The molecule has 0 atom stereocenters. The molecule has 0 aromatic carbocycles. The van der Waals surface area contributed by atoms with Crippen LogP contribution in [-0.4, -0.2) is 57.7 Å². The molecule has 0 aromatic heterocycles. The van der Waals surface area contributed by atoms with Crippen molar-refractivity contribution in [3.63, 3.8) is 0 Å². The van der Waals surface area contributed by atoms with Crippen LogP contribution in [0.2, 0.25) is 0 Å². The molecule has 0 aliphatic heterocycles. The van der Waals surface area contributed by atoms with Crippen LogP contribution in [0.15, 0.2) is 0 Å². The molecular weight excluding hydrogens is 262 g/mol. The van der Waals surface area contributed by atoms with Crippen molar-refractivity contribution in [2.45, 2.75) is 19.8 Å². The molecule has 0 aromatic rings. The van der Waals surface area contributed by atoms with Crippen molar-refractivity contribution in [2.24, 2.45) is 0 Å². The molecule has 8 heteroatoms. The molecule has 0 aliphatic carbocycles. The fraction of sp³-hybridized carbons (Fsp3) is 0.800. The van der Waals surface area contributed by atoms with Gasteiger partial charge in [-0.3, -0.25) is 9.59 Å². The van der Waals surface area contributed by atoms with Gasteiger partial charge in [0.2, 0.25) is 10.0 Å². The topological polar surface area (TPSA) is 90.0 Å². The van der Waals surface area contributed by atoms with E-state index in [2.05, 4.69) is 9.47 Å². The van der Waals surface area contributed by atoms with E-state index in [4.69, 9.17) is 0 Å². The SMILES string of the molecule is CCN(CC(=O)OC)S(=O)(=O)CCCC(=O)OC. The molecule has 0 spiro atoms. The fourth-order valence-corrected chi connectivity index (χ4v) is 2.71. The van der Waals surface area contributed by atoms with Crippen LogP contribution in [0.3, 0.4) is 0 Å². The molecule has 106 valence electrons. The molecule has 7 nitrogen and oxygen atoms in total. The Balaban J connectivity index is 4.39. The Labute approximate surface area is 107 Å². The van der Waals surface area contributed by atoms with Gasteiger partial charge in [0, 0.05) is 13.0 Å². The number of rotatable bonds is 8. The second kappa shape index (κ2) is 8.04. The smallest absolute Gasteiger partial charge is 0.321 e. The summed E-state index contributed by atoms with van der Waals surface area (Å²) >= 11 is 0. The van der Waals surface area contributed by atoms with Crippen LogP contribution in [0.4, 0.5) is 0 Å². The van der Waals surface area contributed by atoms with Crippen LogP contribution >= 0.6 is 0 Å². The minimum absolute atomic E-state index is 0.0332. The summed E-state index contributed by atoms with van der Waals surface area (Å²) in [5.74, 6) is -1.28. The van der Waals surface area contributed by atoms with E-state index in [-0.39, 0.29) is 31.7 Å². The Kier molecular flexibility index (Phi) is 7.53. The second-order valence-electron chi connectivity index (χ2n) is 3.50. The number of hydrogen-bond donors (Lipinski definition) is 0. The molecule has 0 rings (SSSR count). The zero-order valence-corrected chi connectivity index (χ0v) is 11.7. The van der Waals surface area contributed by atoms with Gasteiger partial charge >= 0.3 is 11.9 Å². The summed E-state index contributed by atoms with van der Waals surface area (Å²) in [4.78, 5) is 21.9. The van der Waals surface area contributed by atoms with Crippen molar-refractivity contribution in [2.75, 3.05) is 33.1 Å². The van der Waals surface area contributed by atoms with Gasteiger partial charge in [0.1, 0.15) is 6.54 Å². The Morgan fingerprint density at radius 2 is 1.67 bits per heavy atom. The quantitative estimate of drug-likeness (QED) is 0.571. The molecule has 0 fully saturated rings. The largest absolute Gasteiger partial charge is 0.469 e. The maximum Gasteiger partial charge on any atom is 0.321 e. The Morgan fingerprint density at radius 1 is 1.11 bits per heavy atom. The Bertz CT molecular complexity index is 378. The number of nitrogens with zero attached hydrogens (tertiary/aromatic N) is 1. The summed E-state index contributed by atoms with van der Waals surface area (Å²) in [6.07, 6.45) is 0.193. The summed E-state index contributed by atoms with van der Waals surface area (Å²) in [7, 11) is -1.12. The number of carbonyl (C=O) groups excluding carboxylic acids is 2. The van der Waals surface area contributed by atoms with Crippen molar-refractivity contribution in [3.05, 3.63) is 0 Å². The first kappa shape index (κ1) is 16.9. The van der Waals surface area contributed by atoms with Gasteiger partial charge < -0.3 is 9.47 Å². The van der Waals surface area contributed by atoms with E-state index in [1.807, 2.05) is 0 Å². The predicted octanol–water partition coefficient (Wildman–Crippen LogP) is -0.236. The van der Waals surface area contributed by atoms with Crippen LogP contribution in [0.1, 0.15) is 19.8 Å². The van der Waals surface area contributed by atoms with E-state index >= 15 is 0 Å². The highest BCUT2D eigenvalue weighted by Crippen LogP contribution is 2.05. The highest BCUT2D eigenvalue weighted by atomic mass is 32.2. The molecule has 0 amide bonds. The van der Waals surface area contributed by atoms with Crippen LogP contribution in [0.25, 0.3) is 0 Å². The predicted molar refractivity (Wildman–Crippen MR) is 64.3 cm³/mol. The van der Waals surface area contributed by atoms with Crippen LogP contribution in [-0.2, 0) is 29.1 Å². The average molecular weight is 281 g/mol. The van der Waals surface area contributed by atoms with E-state index in [0.717, 1.165) is 4.31 Å². The molecule has 0 aliphatic rings. The molecule has 0 unspecified atom stereocenters. The summed E-state index contributed by atoms with van der Waals surface area (Å²) in [6.45, 7) is 1.49. The number of carbonyl (C=O) groups is 2. The molecule has 0 N–H and O–H groups in total. The number of esters is 2. The van der Waals surface area contributed by atoms with Gasteiger partial charge in [0.25, 0.3) is 0 Å². The lowest BCUT2D eigenvalue weighted by atomic mass is 10.3. The van der Waals surface area contributed by atoms with Crippen molar-refractivity contribution >= 4 is 22.0 Å². The highest BCUT2D eigenvalue weighted by molar-refractivity contribution is 7.89. The fourth-order valence-electron chi connectivity index (χ4n) is 1.25. The van der Waals surface area contributed by atoms with Crippen molar-refractivity contribution in [3.8, 4) is 0 Å². The minimum Gasteiger partial charge on any atom is -0.469 e. The molecule has 0 saturated carbocycles. The van der Waals surface area contributed by atoms with Crippen molar-refractivity contribution in [1.82, 2.24) is 4.31 Å². The van der Waals surface area contributed by atoms with Crippen molar-refractivity contribution in [1.29, 1.82) is 0 Å². The first-order chi connectivity index (χ1) is 8.37. The van der Waals surface area contributed by atoms with Gasteiger partial charge in [-0.15, -0.1) is 0 Å². The highest BCUT2D eigenvalue weighted by Gasteiger charge is 2.23. The number of sulfonamides is 1. The molecule has 0 radical (unpaired) electrons. The molecule has 0 saturated heterocycles. The lowest BCUT2D eigenvalue weighted by Crippen LogP contribution is -2.37. The van der Waals surface area contributed by atoms with Crippen LogP contribution < -0.4 is 0 Å². The Hall–Kier alpha value is -1.15. The van der Waals surface area contributed by atoms with Gasteiger partial charge in [0.15, 0.2) is 0 Å². The minimum atomic E-state index is -3.56. The number of ether oxygens (including phenoxy) is 2. The lowest BCUT2D eigenvalue weighted by Gasteiger charge is -2.18. The molecule has 18 heavy (non-hydrogen) atoms. The van der Waals surface area contributed by atoms with Crippen LogP contribution in [0.5, 0.6) is 0 Å². The third-order valence-corrected chi connectivity index (χ3v) is 4.27. The van der Waals surface area contributed by atoms with E-state index in [1.165, 1.54) is 14.2 Å². The van der Waals surface area contributed by atoms with Gasteiger partial charge in [-0.25, -0.2) is 8.42 Å². The summed E-state index contributed by atoms with van der Waals surface area (Å²) in [6, 6.07) is 0. The molecule has 0 bridgehead atoms. The van der Waals surface area contributed by atoms with E-state index < -0.39 is 22.0 Å². The van der Waals surface area contributed by atoms with E-state index in [9.17, 15) is 18.0 Å². The number of methoxy groups -OCH3 is 2. The molecular formula is C10H19NO6S. The van der Waals surface area contributed by atoms with Gasteiger partial charge in [-0.2, -0.15) is 4.31 Å². The number of likely N-dealkylation sites (N-methyl/N-ethyl adjacent to an activating group) is 1. The number of hydrogen-bond acceptors (Lipinski definition) is 6. The first-order valence-electron chi connectivity index (χ1n) is 5.48.